The van der Waals surface area contributed by atoms with E-state index in [9.17, 15) is 4.79 Å². The molecule has 3 aromatic rings. The Hall–Kier alpha value is -3.09. The number of nitrogens with one attached hydrogen (secondary N) is 1. The summed E-state index contributed by atoms with van der Waals surface area (Å²) in [7, 11) is 1.54. The number of anilines is 2. The molecule has 0 aliphatic heterocycles. The lowest BCUT2D eigenvalue weighted by atomic mass is 10.2. The van der Waals surface area contributed by atoms with Crippen molar-refractivity contribution in [3.63, 3.8) is 0 Å². The van der Waals surface area contributed by atoms with Gasteiger partial charge in [-0.2, -0.15) is 5.10 Å². The second-order valence-corrected chi connectivity index (χ2v) is 4.38. The highest BCUT2D eigenvalue weighted by Crippen LogP contribution is 2.25. The van der Waals surface area contributed by atoms with Crippen molar-refractivity contribution in [2.45, 2.75) is 0 Å². The van der Waals surface area contributed by atoms with Gasteiger partial charge in [-0.3, -0.25) is 9.78 Å². The van der Waals surface area contributed by atoms with E-state index in [4.69, 9.17) is 10.5 Å². The van der Waals surface area contributed by atoms with Crippen molar-refractivity contribution in [3.05, 3.63) is 48.5 Å². The topological polar surface area (TPSA) is 94.5 Å². The van der Waals surface area contributed by atoms with Crippen molar-refractivity contribution >= 4 is 22.8 Å². The van der Waals surface area contributed by atoms with Crippen molar-refractivity contribution in [2.75, 3.05) is 18.2 Å². The molecule has 1 amide bonds. The molecule has 0 unspecified atom stereocenters. The van der Waals surface area contributed by atoms with Crippen LogP contribution in [0.4, 0.5) is 11.4 Å². The van der Waals surface area contributed by atoms with Crippen LogP contribution < -0.4 is 15.8 Å². The van der Waals surface area contributed by atoms with Crippen LogP contribution in [-0.2, 0) is 0 Å². The number of carbonyl (C=O) groups excluding carboxylic acids is 1. The van der Waals surface area contributed by atoms with Gasteiger partial charge in [-0.05, 0) is 18.2 Å². The molecule has 0 atom stereocenters. The number of hydrogen-bond donors (Lipinski definition) is 2. The van der Waals surface area contributed by atoms with Crippen molar-refractivity contribution < 1.29 is 9.53 Å². The summed E-state index contributed by atoms with van der Waals surface area (Å²) in [6.45, 7) is 0. The Morgan fingerprint density at radius 1 is 1.38 bits per heavy atom. The number of hydrogen-bond acceptors (Lipinski definition) is 5. The average molecular weight is 283 g/mol. The molecule has 2 aromatic heterocycles. The molecule has 7 nitrogen and oxygen atoms in total. The zero-order chi connectivity index (χ0) is 14.8. The van der Waals surface area contributed by atoms with Crippen LogP contribution in [0.3, 0.4) is 0 Å². The lowest BCUT2D eigenvalue weighted by molar-refractivity contribution is 0.102. The highest BCUT2D eigenvalue weighted by Gasteiger charge is 2.13. The quantitative estimate of drug-likeness (QED) is 0.711. The molecule has 106 valence electrons. The molecule has 0 saturated carbocycles. The highest BCUT2D eigenvalue weighted by molar-refractivity contribution is 6.08. The van der Waals surface area contributed by atoms with Gasteiger partial charge in [0.25, 0.3) is 5.91 Å². The van der Waals surface area contributed by atoms with Gasteiger partial charge in [0.1, 0.15) is 5.75 Å². The first-order valence-corrected chi connectivity index (χ1v) is 6.21. The summed E-state index contributed by atoms with van der Waals surface area (Å²) in [5, 5.41) is 6.87. The molecule has 0 radical (unpaired) electrons. The average Bonchev–Trinajstić information content (AvgIpc) is 2.91. The minimum atomic E-state index is -0.275. The lowest BCUT2D eigenvalue weighted by Crippen LogP contribution is -2.12. The summed E-state index contributed by atoms with van der Waals surface area (Å²) < 4.78 is 6.66. The third-order valence-corrected chi connectivity index (χ3v) is 3.06. The van der Waals surface area contributed by atoms with Gasteiger partial charge in [0.05, 0.1) is 36.3 Å². The van der Waals surface area contributed by atoms with Crippen LogP contribution in [-0.4, -0.2) is 27.6 Å². The Labute approximate surface area is 120 Å². The van der Waals surface area contributed by atoms with Gasteiger partial charge in [0.2, 0.25) is 0 Å². The van der Waals surface area contributed by atoms with E-state index in [1.165, 1.54) is 13.3 Å². The molecular weight excluding hydrogens is 270 g/mol. The first-order chi connectivity index (χ1) is 10.2. The van der Waals surface area contributed by atoms with E-state index < -0.39 is 0 Å². The number of nitrogens with two attached hydrogens (primary N) is 1. The Morgan fingerprint density at radius 3 is 3.00 bits per heavy atom. The SMILES string of the molecule is COc1ccc(NC(=O)c2cnn3ccncc23)cc1N. The summed E-state index contributed by atoms with van der Waals surface area (Å²) >= 11 is 0. The van der Waals surface area contributed by atoms with Gasteiger partial charge in [0.15, 0.2) is 0 Å². The summed E-state index contributed by atoms with van der Waals surface area (Å²) in [6.07, 6.45) is 6.37. The summed E-state index contributed by atoms with van der Waals surface area (Å²) in [5.74, 6) is 0.288. The maximum atomic E-state index is 12.3. The predicted octanol–water partition coefficient (Wildman–Crippen LogP) is 1.57. The molecule has 3 rings (SSSR count). The number of nitrogens with zero attached hydrogens (tertiary/aromatic N) is 3. The van der Waals surface area contributed by atoms with Gasteiger partial charge >= 0.3 is 0 Å². The van der Waals surface area contributed by atoms with Gasteiger partial charge in [-0.15, -0.1) is 0 Å². The number of nitrogen functional groups attached to an aromatic ring is 1. The predicted molar refractivity (Wildman–Crippen MR) is 78.3 cm³/mol. The van der Waals surface area contributed by atoms with E-state index in [-0.39, 0.29) is 5.91 Å². The number of benzene rings is 1. The van der Waals surface area contributed by atoms with Crippen LogP contribution in [0, 0.1) is 0 Å². The maximum Gasteiger partial charge on any atom is 0.259 e. The second-order valence-electron chi connectivity index (χ2n) is 4.38. The smallest absolute Gasteiger partial charge is 0.259 e. The molecule has 0 saturated heterocycles. The first-order valence-electron chi connectivity index (χ1n) is 6.21. The molecule has 21 heavy (non-hydrogen) atoms. The minimum Gasteiger partial charge on any atom is -0.495 e. The molecular formula is C14H13N5O2. The van der Waals surface area contributed by atoms with E-state index in [2.05, 4.69) is 15.4 Å². The Morgan fingerprint density at radius 2 is 2.24 bits per heavy atom. The molecule has 1 aromatic carbocycles. The van der Waals surface area contributed by atoms with Crippen LogP contribution in [0.5, 0.6) is 5.75 Å². The van der Waals surface area contributed by atoms with Gasteiger partial charge in [-0.25, -0.2) is 4.52 Å². The van der Waals surface area contributed by atoms with Crippen LogP contribution >= 0.6 is 0 Å². The third kappa shape index (κ3) is 2.36. The number of amides is 1. The van der Waals surface area contributed by atoms with Crippen molar-refractivity contribution in [1.82, 2.24) is 14.6 Å². The lowest BCUT2D eigenvalue weighted by Gasteiger charge is -2.08. The number of carbonyl (C=O) groups is 1. The van der Waals surface area contributed by atoms with E-state index in [0.717, 1.165) is 0 Å². The molecule has 0 bridgehead atoms. The standard InChI is InChI=1S/C14H13N5O2/c1-21-13-3-2-9(6-11(13)15)18-14(20)10-7-17-19-5-4-16-8-12(10)19/h2-8H,15H2,1H3,(H,18,20). The van der Waals surface area contributed by atoms with E-state index in [1.807, 2.05) is 0 Å². The van der Waals surface area contributed by atoms with Crippen LogP contribution in [0.1, 0.15) is 10.4 Å². The fourth-order valence-electron chi connectivity index (χ4n) is 2.02. The number of aromatic nitrogens is 3. The van der Waals surface area contributed by atoms with E-state index >= 15 is 0 Å². The van der Waals surface area contributed by atoms with Crippen molar-refractivity contribution in [1.29, 1.82) is 0 Å². The number of methoxy groups -OCH3 is 1. The Kier molecular flexibility index (Phi) is 3.15. The first kappa shape index (κ1) is 12.9. The van der Waals surface area contributed by atoms with Crippen LogP contribution in [0.15, 0.2) is 43.0 Å². The highest BCUT2D eigenvalue weighted by atomic mass is 16.5. The second kappa shape index (κ2) is 5.12. The molecule has 2 heterocycles. The van der Waals surface area contributed by atoms with E-state index in [1.54, 1.807) is 41.3 Å². The van der Waals surface area contributed by atoms with Crippen LogP contribution in [0.2, 0.25) is 0 Å². The number of fused-ring (bicyclic) bond motifs is 1. The molecule has 7 heteroatoms. The number of rotatable bonds is 3. The van der Waals surface area contributed by atoms with Crippen molar-refractivity contribution in [2.24, 2.45) is 0 Å². The monoisotopic (exact) mass is 283 g/mol. The largest absolute Gasteiger partial charge is 0.495 e. The van der Waals surface area contributed by atoms with Gasteiger partial charge in [0, 0.05) is 18.1 Å². The fraction of sp³-hybridized carbons (Fsp3) is 0.0714. The van der Waals surface area contributed by atoms with Crippen LogP contribution in [0.25, 0.3) is 5.52 Å². The Balaban J connectivity index is 1.88. The van der Waals surface area contributed by atoms with Crippen molar-refractivity contribution in [3.8, 4) is 5.75 Å². The van der Waals surface area contributed by atoms with Gasteiger partial charge < -0.3 is 15.8 Å². The summed E-state index contributed by atoms with van der Waals surface area (Å²) in [4.78, 5) is 16.3. The molecule has 0 aliphatic carbocycles. The molecule has 3 N–H and O–H groups in total. The minimum absolute atomic E-state index is 0.275. The zero-order valence-corrected chi connectivity index (χ0v) is 11.3. The van der Waals surface area contributed by atoms with E-state index in [0.29, 0.717) is 28.2 Å². The van der Waals surface area contributed by atoms with Gasteiger partial charge in [-0.1, -0.05) is 0 Å². The maximum absolute atomic E-state index is 12.3. The number of ether oxygens (including phenoxy) is 1. The summed E-state index contributed by atoms with van der Waals surface area (Å²) in [6, 6.07) is 5.06. The Bertz CT molecular complexity index is 812. The summed E-state index contributed by atoms with van der Waals surface area (Å²) in [5.41, 5.74) is 7.93. The zero-order valence-electron chi connectivity index (χ0n) is 11.3. The fourth-order valence-corrected chi connectivity index (χ4v) is 2.02. The molecule has 0 spiro atoms. The third-order valence-electron chi connectivity index (χ3n) is 3.06. The molecule has 0 aliphatic rings. The molecule has 0 fully saturated rings. The normalized spacial score (nSPS) is 10.5.